The van der Waals surface area contributed by atoms with Crippen molar-refractivity contribution in [3.8, 4) is 0 Å². The van der Waals surface area contributed by atoms with Gasteiger partial charge in [-0.3, -0.25) is 4.79 Å². The number of hydrogen-bond donors (Lipinski definition) is 1. The normalized spacial score (nSPS) is 25.1. The van der Waals surface area contributed by atoms with E-state index in [9.17, 15) is 4.79 Å². The SMILES string of the molecule is CCC1CCN(C(=O)C2(CN)CCCCCC2)CC1. The Morgan fingerprint density at radius 1 is 1.16 bits per heavy atom. The van der Waals surface area contributed by atoms with Crippen LogP contribution in [0.5, 0.6) is 0 Å². The second kappa shape index (κ2) is 6.74. The van der Waals surface area contributed by atoms with Crippen molar-refractivity contribution in [2.45, 2.75) is 64.7 Å². The molecule has 2 fully saturated rings. The van der Waals surface area contributed by atoms with Gasteiger partial charge in [-0.15, -0.1) is 0 Å². The lowest BCUT2D eigenvalue weighted by atomic mass is 9.78. The standard InChI is InChI=1S/C16H30N2O/c1-2-14-7-11-18(12-8-14)15(19)16(13-17)9-5-3-4-6-10-16/h14H,2-13,17H2,1H3. The Balaban J connectivity index is 2.00. The van der Waals surface area contributed by atoms with Crippen LogP contribution in [0.2, 0.25) is 0 Å². The van der Waals surface area contributed by atoms with E-state index in [1.54, 1.807) is 0 Å². The van der Waals surface area contributed by atoms with Crippen molar-refractivity contribution in [1.29, 1.82) is 0 Å². The van der Waals surface area contributed by atoms with Crippen LogP contribution in [0, 0.1) is 11.3 Å². The molecular formula is C16H30N2O. The molecule has 0 unspecified atom stereocenters. The lowest BCUT2D eigenvalue weighted by Gasteiger charge is -2.39. The number of nitrogens with two attached hydrogens (primary N) is 1. The van der Waals surface area contributed by atoms with E-state index in [2.05, 4.69) is 11.8 Å². The summed E-state index contributed by atoms with van der Waals surface area (Å²) in [4.78, 5) is 15.0. The summed E-state index contributed by atoms with van der Waals surface area (Å²) in [6.45, 7) is 4.71. The molecule has 1 aliphatic heterocycles. The van der Waals surface area contributed by atoms with Gasteiger partial charge in [0.2, 0.25) is 5.91 Å². The average Bonchev–Trinajstić information content (AvgIpc) is 2.73. The van der Waals surface area contributed by atoms with Gasteiger partial charge in [-0.25, -0.2) is 0 Å². The van der Waals surface area contributed by atoms with Crippen LogP contribution < -0.4 is 5.73 Å². The number of nitrogens with zero attached hydrogens (tertiary/aromatic N) is 1. The maximum atomic E-state index is 12.9. The van der Waals surface area contributed by atoms with Gasteiger partial charge in [-0.05, 0) is 31.6 Å². The molecule has 110 valence electrons. The number of rotatable bonds is 3. The molecule has 2 rings (SSSR count). The Hall–Kier alpha value is -0.570. The van der Waals surface area contributed by atoms with Crippen LogP contribution in [0.15, 0.2) is 0 Å². The number of piperidine rings is 1. The van der Waals surface area contributed by atoms with Crippen molar-refractivity contribution < 1.29 is 4.79 Å². The Morgan fingerprint density at radius 2 is 1.74 bits per heavy atom. The molecule has 1 saturated heterocycles. The molecule has 1 heterocycles. The third-order valence-electron chi connectivity index (χ3n) is 5.38. The monoisotopic (exact) mass is 266 g/mol. The first-order valence-corrected chi connectivity index (χ1v) is 8.21. The van der Waals surface area contributed by atoms with Gasteiger partial charge in [0.1, 0.15) is 0 Å². The van der Waals surface area contributed by atoms with Gasteiger partial charge in [-0.2, -0.15) is 0 Å². The summed E-state index contributed by atoms with van der Waals surface area (Å²) >= 11 is 0. The zero-order valence-electron chi connectivity index (χ0n) is 12.5. The van der Waals surface area contributed by atoms with Crippen LogP contribution in [0.3, 0.4) is 0 Å². The predicted molar refractivity (Wildman–Crippen MR) is 78.8 cm³/mol. The summed E-state index contributed by atoms with van der Waals surface area (Å²) in [6.07, 6.45) is 10.5. The van der Waals surface area contributed by atoms with Crippen LogP contribution in [-0.2, 0) is 4.79 Å². The molecule has 0 aromatic rings. The van der Waals surface area contributed by atoms with Crippen LogP contribution in [0.25, 0.3) is 0 Å². The Morgan fingerprint density at radius 3 is 2.21 bits per heavy atom. The molecule has 2 aliphatic rings. The van der Waals surface area contributed by atoms with E-state index in [1.807, 2.05) is 0 Å². The van der Waals surface area contributed by atoms with Gasteiger partial charge in [0.25, 0.3) is 0 Å². The van der Waals surface area contributed by atoms with E-state index >= 15 is 0 Å². The molecule has 0 spiro atoms. The first-order chi connectivity index (χ1) is 9.22. The van der Waals surface area contributed by atoms with Crippen molar-refractivity contribution in [3.05, 3.63) is 0 Å². The Labute approximate surface area is 117 Å². The van der Waals surface area contributed by atoms with Gasteiger partial charge in [0.05, 0.1) is 5.41 Å². The zero-order chi connectivity index (χ0) is 13.7. The van der Waals surface area contributed by atoms with Crippen molar-refractivity contribution in [2.75, 3.05) is 19.6 Å². The fourth-order valence-electron chi connectivity index (χ4n) is 3.79. The Bertz CT molecular complexity index is 287. The van der Waals surface area contributed by atoms with E-state index in [1.165, 1.54) is 44.9 Å². The molecule has 3 heteroatoms. The number of carbonyl (C=O) groups is 1. The number of likely N-dealkylation sites (tertiary alicyclic amines) is 1. The summed E-state index contributed by atoms with van der Waals surface area (Å²) in [5.41, 5.74) is 5.79. The smallest absolute Gasteiger partial charge is 0.230 e. The van der Waals surface area contributed by atoms with Crippen LogP contribution in [0.4, 0.5) is 0 Å². The minimum absolute atomic E-state index is 0.227. The number of amides is 1. The highest BCUT2D eigenvalue weighted by Gasteiger charge is 2.40. The fraction of sp³-hybridized carbons (Fsp3) is 0.938. The molecule has 1 aliphatic carbocycles. The predicted octanol–water partition coefficient (Wildman–Crippen LogP) is 2.93. The highest BCUT2D eigenvalue weighted by molar-refractivity contribution is 5.83. The summed E-state index contributed by atoms with van der Waals surface area (Å²) in [5, 5.41) is 0. The van der Waals surface area contributed by atoms with E-state index in [0.717, 1.165) is 31.8 Å². The lowest BCUT2D eigenvalue weighted by Crippen LogP contribution is -2.50. The van der Waals surface area contributed by atoms with Gasteiger partial charge >= 0.3 is 0 Å². The number of hydrogen-bond acceptors (Lipinski definition) is 2. The average molecular weight is 266 g/mol. The van der Waals surface area contributed by atoms with E-state index in [0.29, 0.717) is 12.5 Å². The first kappa shape index (κ1) is 14.8. The van der Waals surface area contributed by atoms with Crippen molar-refractivity contribution >= 4 is 5.91 Å². The third-order valence-corrected chi connectivity index (χ3v) is 5.38. The molecule has 0 radical (unpaired) electrons. The van der Waals surface area contributed by atoms with Gasteiger partial charge in [0.15, 0.2) is 0 Å². The fourth-order valence-corrected chi connectivity index (χ4v) is 3.79. The summed E-state index contributed by atoms with van der Waals surface area (Å²) in [6, 6.07) is 0. The van der Waals surface area contributed by atoms with Gasteiger partial charge < -0.3 is 10.6 Å². The molecule has 0 atom stereocenters. The summed E-state index contributed by atoms with van der Waals surface area (Å²) < 4.78 is 0. The minimum atomic E-state index is -0.227. The van der Waals surface area contributed by atoms with Crippen molar-refractivity contribution in [3.63, 3.8) is 0 Å². The number of carbonyl (C=O) groups excluding carboxylic acids is 1. The zero-order valence-corrected chi connectivity index (χ0v) is 12.5. The largest absolute Gasteiger partial charge is 0.342 e. The van der Waals surface area contributed by atoms with Crippen LogP contribution in [-0.4, -0.2) is 30.4 Å². The second-order valence-electron chi connectivity index (χ2n) is 6.54. The molecular weight excluding hydrogens is 236 g/mol. The second-order valence-corrected chi connectivity index (χ2v) is 6.54. The van der Waals surface area contributed by atoms with Crippen LogP contribution >= 0.6 is 0 Å². The lowest BCUT2D eigenvalue weighted by molar-refractivity contribution is -0.144. The van der Waals surface area contributed by atoms with Crippen LogP contribution in [0.1, 0.15) is 64.7 Å². The molecule has 19 heavy (non-hydrogen) atoms. The first-order valence-electron chi connectivity index (χ1n) is 8.21. The molecule has 0 aromatic carbocycles. The van der Waals surface area contributed by atoms with E-state index in [4.69, 9.17) is 5.73 Å². The highest BCUT2D eigenvalue weighted by atomic mass is 16.2. The maximum Gasteiger partial charge on any atom is 0.230 e. The molecule has 3 nitrogen and oxygen atoms in total. The molecule has 1 amide bonds. The van der Waals surface area contributed by atoms with E-state index in [-0.39, 0.29) is 5.41 Å². The quantitative estimate of drug-likeness (QED) is 0.798. The molecule has 0 aromatic heterocycles. The highest BCUT2D eigenvalue weighted by Crippen LogP contribution is 2.37. The third kappa shape index (κ3) is 3.31. The molecule has 0 bridgehead atoms. The topological polar surface area (TPSA) is 46.3 Å². The molecule has 2 N–H and O–H groups in total. The van der Waals surface area contributed by atoms with Gasteiger partial charge in [0, 0.05) is 19.6 Å². The minimum Gasteiger partial charge on any atom is -0.342 e. The van der Waals surface area contributed by atoms with E-state index < -0.39 is 0 Å². The summed E-state index contributed by atoms with van der Waals surface area (Å²) in [5.74, 6) is 1.19. The van der Waals surface area contributed by atoms with Gasteiger partial charge in [-0.1, -0.05) is 39.0 Å². The molecule has 1 saturated carbocycles. The van der Waals surface area contributed by atoms with Crippen molar-refractivity contribution in [1.82, 2.24) is 4.90 Å². The van der Waals surface area contributed by atoms with Crippen molar-refractivity contribution in [2.24, 2.45) is 17.1 Å². The Kier molecular flexibility index (Phi) is 5.26. The maximum absolute atomic E-state index is 12.9. The summed E-state index contributed by atoms with van der Waals surface area (Å²) in [7, 11) is 0.